The number of rotatable bonds is 2. The van der Waals surface area contributed by atoms with Gasteiger partial charge in [-0.15, -0.1) is 0 Å². The first-order valence-corrected chi connectivity index (χ1v) is 5.50. The minimum atomic E-state index is 0.138. The Balaban J connectivity index is 2.05. The Morgan fingerprint density at radius 1 is 1.32 bits per heavy atom. The molecule has 0 aliphatic rings. The van der Waals surface area contributed by atoms with Crippen molar-refractivity contribution in [2.45, 2.75) is 0 Å². The molecule has 7 nitrogen and oxygen atoms in total. The van der Waals surface area contributed by atoms with E-state index < -0.39 is 0 Å². The summed E-state index contributed by atoms with van der Waals surface area (Å²) in [4.78, 5) is 15.1. The number of fused-ring (bicyclic) bond motifs is 1. The van der Waals surface area contributed by atoms with E-state index in [-0.39, 0.29) is 5.95 Å². The number of H-pyrrole nitrogens is 1. The average Bonchev–Trinajstić information content (AvgIpc) is 2.87. The summed E-state index contributed by atoms with van der Waals surface area (Å²) in [5.74, 6) is 0.661. The summed E-state index contributed by atoms with van der Waals surface area (Å²) in [6.45, 7) is 0. The molecule has 3 rings (SSSR count). The second-order valence-electron chi connectivity index (χ2n) is 3.85. The number of hydrogen-bond donors (Lipinski definition) is 3. The molecule has 7 heteroatoms. The minimum absolute atomic E-state index is 0.138. The van der Waals surface area contributed by atoms with Gasteiger partial charge in [0.2, 0.25) is 5.95 Å². The fourth-order valence-electron chi connectivity index (χ4n) is 1.74. The third-order valence-electron chi connectivity index (χ3n) is 2.56. The number of imidazole rings is 1. The summed E-state index contributed by atoms with van der Waals surface area (Å²) in [6.07, 6.45) is 1.52. The van der Waals surface area contributed by atoms with Crippen molar-refractivity contribution in [1.29, 1.82) is 5.26 Å². The van der Waals surface area contributed by atoms with Crippen molar-refractivity contribution in [3.8, 4) is 6.07 Å². The summed E-state index contributed by atoms with van der Waals surface area (Å²) in [7, 11) is 0. The van der Waals surface area contributed by atoms with E-state index in [9.17, 15) is 0 Å². The van der Waals surface area contributed by atoms with Gasteiger partial charge >= 0.3 is 0 Å². The molecule has 0 aliphatic carbocycles. The Bertz CT molecular complexity index is 784. The molecule has 1 aromatic carbocycles. The number of nitrogens with two attached hydrogens (primary N) is 1. The molecule has 0 atom stereocenters. The molecule has 0 unspecified atom stereocenters. The third kappa shape index (κ3) is 2.02. The highest BCUT2D eigenvalue weighted by Gasteiger charge is 2.08. The van der Waals surface area contributed by atoms with Gasteiger partial charge in [0.15, 0.2) is 11.5 Å². The number of nitrogen functional groups attached to an aromatic ring is 1. The largest absolute Gasteiger partial charge is 0.368 e. The van der Waals surface area contributed by atoms with E-state index in [4.69, 9.17) is 11.0 Å². The molecular formula is C12H9N7. The quantitative estimate of drug-likeness (QED) is 0.636. The lowest BCUT2D eigenvalue weighted by atomic mass is 10.2. The van der Waals surface area contributed by atoms with Crippen molar-refractivity contribution in [1.82, 2.24) is 19.9 Å². The topological polar surface area (TPSA) is 116 Å². The molecule has 0 amide bonds. The number of aromatic nitrogens is 4. The summed E-state index contributed by atoms with van der Waals surface area (Å²) in [5, 5.41) is 12.0. The van der Waals surface area contributed by atoms with Crippen LogP contribution in [-0.4, -0.2) is 19.9 Å². The van der Waals surface area contributed by atoms with Gasteiger partial charge in [0.05, 0.1) is 18.0 Å². The summed E-state index contributed by atoms with van der Waals surface area (Å²) in [5.41, 5.74) is 8.09. The van der Waals surface area contributed by atoms with E-state index in [1.54, 1.807) is 18.2 Å². The smallest absolute Gasteiger partial charge is 0.224 e. The van der Waals surface area contributed by atoms with Crippen molar-refractivity contribution in [3.63, 3.8) is 0 Å². The fraction of sp³-hybridized carbons (Fsp3) is 0. The molecule has 2 heterocycles. The van der Waals surface area contributed by atoms with E-state index in [0.29, 0.717) is 22.5 Å². The highest BCUT2D eigenvalue weighted by Crippen LogP contribution is 2.22. The second-order valence-corrected chi connectivity index (χ2v) is 3.85. The van der Waals surface area contributed by atoms with Crippen LogP contribution in [-0.2, 0) is 0 Å². The van der Waals surface area contributed by atoms with E-state index in [1.807, 2.05) is 6.07 Å². The number of aromatic amines is 1. The molecule has 0 radical (unpaired) electrons. The predicted octanol–water partition coefficient (Wildman–Crippen LogP) is 1.55. The van der Waals surface area contributed by atoms with Crippen LogP contribution in [0, 0.1) is 11.3 Å². The number of nitrogens with zero attached hydrogens (tertiary/aromatic N) is 4. The van der Waals surface area contributed by atoms with Crippen LogP contribution < -0.4 is 11.1 Å². The molecule has 0 aliphatic heterocycles. The maximum atomic E-state index is 8.87. The van der Waals surface area contributed by atoms with Crippen LogP contribution in [0.15, 0.2) is 30.6 Å². The van der Waals surface area contributed by atoms with Gasteiger partial charge in [-0.2, -0.15) is 15.2 Å². The summed E-state index contributed by atoms with van der Waals surface area (Å²) >= 11 is 0. The molecule has 0 fully saturated rings. The normalized spacial score (nSPS) is 10.3. The molecular weight excluding hydrogens is 242 g/mol. The van der Waals surface area contributed by atoms with Crippen LogP contribution in [0.2, 0.25) is 0 Å². The average molecular weight is 251 g/mol. The SMILES string of the molecule is N#Cc1cccc(Nc2nc(N)nc3nc[nH]c23)c1. The summed E-state index contributed by atoms with van der Waals surface area (Å²) in [6, 6.07) is 9.15. The molecule has 0 bridgehead atoms. The summed E-state index contributed by atoms with van der Waals surface area (Å²) < 4.78 is 0. The molecule has 0 spiro atoms. The zero-order valence-electron chi connectivity index (χ0n) is 9.75. The van der Waals surface area contributed by atoms with Gasteiger partial charge in [0, 0.05) is 5.69 Å². The first-order chi connectivity index (χ1) is 9.26. The monoisotopic (exact) mass is 251 g/mol. The lowest BCUT2D eigenvalue weighted by Crippen LogP contribution is -2.01. The highest BCUT2D eigenvalue weighted by molar-refractivity contribution is 5.85. The van der Waals surface area contributed by atoms with Gasteiger partial charge < -0.3 is 16.0 Å². The highest BCUT2D eigenvalue weighted by atomic mass is 15.1. The predicted molar refractivity (Wildman–Crippen MR) is 70.5 cm³/mol. The van der Waals surface area contributed by atoms with Gasteiger partial charge in [0.25, 0.3) is 0 Å². The van der Waals surface area contributed by atoms with Crippen LogP contribution in [0.1, 0.15) is 5.56 Å². The fourth-order valence-corrected chi connectivity index (χ4v) is 1.74. The van der Waals surface area contributed by atoms with Gasteiger partial charge in [0.1, 0.15) is 5.52 Å². The molecule has 0 saturated heterocycles. The van der Waals surface area contributed by atoms with Crippen LogP contribution in [0.5, 0.6) is 0 Å². The number of hydrogen-bond acceptors (Lipinski definition) is 6. The van der Waals surface area contributed by atoms with E-state index in [0.717, 1.165) is 5.69 Å². The Labute approximate surface area is 108 Å². The van der Waals surface area contributed by atoms with E-state index >= 15 is 0 Å². The molecule has 4 N–H and O–H groups in total. The maximum absolute atomic E-state index is 8.87. The third-order valence-corrected chi connectivity index (χ3v) is 2.56. The number of benzene rings is 1. The zero-order valence-corrected chi connectivity index (χ0v) is 9.75. The van der Waals surface area contributed by atoms with Crippen LogP contribution in [0.3, 0.4) is 0 Å². The molecule has 0 saturated carbocycles. The van der Waals surface area contributed by atoms with Gasteiger partial charge in [-0.3, -0.25) is 0 Å². The Hall–Kier alpha value is -3.14. The standard InChI is InChI=1S/C12H9N7/c13-5-7-2-1-3-8(4-7)17-11-9-10(16-6-15-9)18-12(14)19-11/h1-4,6H,(H4,14,15,16,17,18,19). The number of nitriles is 1. The first-order valence-electron chi connectivity index (χ1n) is 5.50. The van der Waals surface area contributed by atoms with E-state index in [1.165, 1.54) is 6.33 Å². The van der Waals surface area contributed by atoms with Gasteiger partial charge in [-0.25, -0.2) is 4.98 Å². The lowest BCUT2D eigenvalue weighted by Gasteiger charge is -2.06. The zero-order chi connectivity index (χ0) is 13.2. The second kappa shape index (κ2) is 4.27. The van der Waals surface area contributed by atoms with Crippen molar-refractivity contribution >= 4 is 28.6 Å². The Morgan fingerprint density at radius 3 is 3.05 bits per heavy atom. The Kier molecular flexibility index (Phi) is 2.47. The van der Waals surface area contributed by atoms with Crippen molar-refractivity contribution in [3.05, 3.63) is 36.2 Å². The van der Waals surface area contributed by atoms with Crippen LogP contribution in [0.25, 0.3) is 11.2 Å². The molecule has 2 aromatic heterocycles. The van der Waals surface area contributed by atoms with E-state index in [2.05, 4.69) is 31.3 Å². The van der Waals surface area contributed by atoms with Crippen molar-refractivity contribution in [2.75, 3.05) is 11.1 Å². The number of anilines is 3. The first kappa shape index (κ1) is 11.0. The van der Waals surface area contributed by atoms with Crippen molar-refractivity contribution < 1.29 is 0 Å². The van der Waals surface area contributed by atoms with Gasteiger partial charge in [-0.1, -0.05) is 6.07 Å². The number of nitrogens with one attached hydrogen (secondary N) is 2. The molecule has 92 valence electrons. The molecule has 3 aromatic rings. The van der Waals surface area contributed by atoms with Gasteiger partial charge in [-0.05, 0) is 18.2 Å². The Morgan fingerprint density at radius 2 is 2.21 bits per heavy atom. The van der Waals surface area contributed by atoms with Crippen LogP contribution in [0.4, 0.5) is 17.5 Å². The maximum Gasteiger partial charge on any atom is 0.224 e. The minimum Gasteiger partial charge on any atom is -0.368 e. The van der Waals surface area contributed by atoms with Crippen molar-refractivity contribution in [2.24, 2.45) is 0 Å². The van der Waals surface area contributed by atoms with Crippen LogP contribution >= 0.6 is 0 Å². The lowest BCUT2D eigenvalue weighted by molar-refractivity contribution is 1.21. The molecule has 19 heavy (non-hydrogen) atoms.